The molecule has 0 amide bonds. The number of rotatable bonds is 2. The van der Waals surface area contributed by atoms with E-state index in [9.17, 15) is 0 Å². The molecule has 66 valence electrons. The molecule has 1 aliphatic carbocycles. The summed E-state index contributed by atoms with van der Waals surface area (Å²) in [6, 6.07) is 0. The lowest BCUT2D eigenvalue weighted by Gasteiger charge is -2.16. The normalized spacial score (nSPS) is 24.0. The molecule has 0 radical (unpaired) electrons. The van der Waals surface area contributed by atoms with E-state index < -0.39 is 0 Å². The molecule has 1 aromatic heterocycles. The van der Waals surface area contributed by atoms with E-state index in [1.54, 1.807) is 0 Å². The van der Waals surface area contributed by atoms with Crippen LogP contribution in [0.4, 0.5) is 0 Å². The highest BCUT2D eigenvalue weighted by molar-refractivity contribution is 5.32. The minimum Gasteiger partial charge on any atom is -0.367 e. The zero-order valence-electron chi connectivity index (χ0n) is 7.51. The number of fused-ring (bicyclic) bond motifs is 1. The van der Waals surface area contributed by atoms with E-state index in [0.717, 1.165) is 6.54 Å². The molecule has 2 rings (SSSR count). The molecule has 12 heavy (non-hydrogen) atoms. The van der Waals surface area contributed by atoms with Gasteiger partial charge in [0.25, 0.3) is 0 Å². The number of aryl methyl sites for hydroxylation is 1. The van der Waals surface area contributed by atoms with E-state index in [-0.39, 0.29) is 0 Å². The van der Waals surface area contributed by atoms with Crippen LogP contribution in [0.3, 0.4) is 0 Å². The zero-order chi connectivity index (χ0) is 8.55. The summed E-state index contributed by atoms with van der Waals surface area (Å²) in [5.41, 5.74) is 8.68. The fraction of sp³-hybridized carbons (Fsp3) is 0.600. The molecule has 0 aromatic carbocycles. The molecule has 3 N–H and O–H groups in total. The topological polar surface area (TPSA) is 41.8 Å². The second kappa shape index (κ2) is 2.94. The third-order valence-corrected chi connectivity index (χ3v) is 3.05. The molecule has 1 heterocycles. The van der Waals surface area contributed by atoms with Gasteiger partial charge in [0.15, 0.2) is 0 Å². The van der Waals surface area contributed by atoms with Crippen molar-refractivity contribution >= 4 is 0 Å². The van der Waals surface area contributed by atoms with Crippen LogP contribution in [0, 0.1) is 5.92 Å². The molecule has 0 aliphatic heterocycles. The Balaban J connectivity index is 2.22. The molecule has 2 nitrogen and oxygen atoms in total. The first-order chi connectivity index (χ1) is 5.83. The summed E-state index contributed by atoms with van der Waals surface area (Å²) in [4.78, 5) is 3.17. The Hall–Kier alpha value is -0.760. The maximum atomic E-state index is 5.67. The van der Waals surface area contributed by atoms with Gasteiger partial charge in [-0.1, -0.05) is 6.92 Å². The zero-order valence-corrected chi connectivity index (χ0v) is 7.51. The fourth-order valence-electron chi connectivity index (χ4n) is 2.19. The molecular formula is C10H16N2. The van der Waals surface area contributed by atoms with E-state index in [1.807, 2.05) is 0 Å². The van der Waals surface area contributed by atoms with Crippen molar-refractivity contribution in [3.63, 3.8) is 0 Å². The summed E-state index contributed by atoms with van der Waals surface area (Å²) in [5.74, 6) is 1.33. The molecule has 0 fully saturated rings. The average Bonchev–Trinajstić information content (AvgIpc) is 2.62. The number of hydrogen-bond acceptors (Lipinski definition) is 1. The minimum atomic E-state index is 0.627. The van der Waals surface area contributed by atoms with Gasteiger partial charge in [0.2, 0.25) is 0 Å². The minimum absolute atomic E-state index is 0.627. The highest BCUT2D eigenvalue weighted by Gasteiger charge is 2.26. The van der Waals surface area contributed by atoms with E-state index in [1.165, 1.54) is 24.0 Å². The van der Waals surface area contributed by atoms with Crippen LogP contribution < -0.4 is 5.73 Å². The van der Waals surface area contributed by atoms with Gasteiger partial charge in [-0.05, 0) is 42.3 Å². The van der Waals surface area contributed by atoms with Crippen molar-refractivity contribution in [1.29, 1.82) is 0 Å². The van der Waals surface area contributed by atoms with Crippen LogP contribution in [0.1, 0.15) is 30.4 Å². The lowest BCUT2D eigenvalue weighted by atomic mass is 9.90. The van der Waals surface area contributed by atoms with Gasteiger partial charge in [-0.25, -0.2) is 0 Å². The average molecular weight is 164 g/mol. The predicted molar refractivity (Wildman–Crippen MR) is 50.1 cm³/mol. The monoisotopic (exact) mass is 164 g/mol. The van der Waals surface area contributed by atoms with Crippen molar-refractivity contribution in [3.05, 3.63) is 23.5 Å². The Labute approximate surface area is 73.2 Å². The van der Waals surface area contributed by atoms with E-state index in [0.29, 0.717) is 11.8 Å². The summed E-state index contributed by atoms with van der Waals surface area (Å²) < 4.78 is 0. The lowest BCUT2D eigenvalue weighted by molar-refractivity contribution is 0.465. The van der Waals surface area contributed by atoms with Crippen LogP contribution in [0.2, 0.25) is 0 Å². The van der Waals surface area contributed by atoms with Gasteiger partial charge in [0, 0.05) is 12.4 Å². The molecular weight excluding hydrogens is 148 g/mol. The quantitative estimate of drug-likeness (QED) is 0.685. The maximum absolute atomic E-state index is 5.67. The standard InChI is InChI=1S/C10H16N2/c1-7(4-11)9-3-2-8-5-12-6-10(8)9/h5-7,9,12H,2-4,11H2,1H3. The summed E-state index contributed by atoms with van der Waals surface area (Å²) >= 11 is 0. The van der Waals surface area contributed by atoms with Gasteiger partial charge in [0.1, 0.15) is 0 Å². The number of nitrogens with two attached hydrogens (primary N) is 1. The molecule has 0 saturated heterocycles. The van der Waals surface area contributed by atoms with Crippen molar-refractivity contribution < 1.29 is 0 Å². The van der Waals surface area contributed by atoms with E-state index in [4.69, 9.17) is 5.73 Å². The summed E-state index contributed by atoms with van der Waals surface area (Å²) in [6.45, 7) is 3.04. The van der Waals surface area contributed by atoms with Gasteiger partial charge in [-0.2, -0.15) is 0 Å². The number of H-pyrrole nitrogens is 1. The largest absolute Gasteiger partial charge is 0.367 e. The highest BCUT2D eigenvalue weighted by atomic mass is 14.7. The number of aromatic nitrogens is 1. The molecule has 2 heteroatoms. The first-order valence-corrected chi connectivity index (χ1v) is 4.68. The van der Waals surface area contributed by atoms with Crippen LogP contribution in [0.25, 0.3) is 0 Å². The van der Waals surface area contributed by atoms with Crippen molar-refractivity contribution in [3.8, 4) is 0 Å². The number of hydrogen-bond donors (Lipinski definition) is 2. The molecule has 2 unspecified atom stereocenters. The molecule has 0 saturated carbocycles. The predicted octanol–water partition coefficient (Wildman–Crippen LogP) is 1.64. The smallest absolute Gasteiger partial charge is 0.00431 e. The Morgan fingerprint density at radius 2 is 2.50 bits per heavy atom. The number of nitrogens with one attached hydrogen (secondary N) is 1. The first kappa shape index (κ1) is 7.87. The Morgan fingerprint density at radius 1 is 1.67 bits per heavy atom. The van der Waals surface area contributed by atoms with Crippen LogP contribution in [-0.2, 0) is 6.42 Å². The molecule has 2 atom stereocenters. The van der Waals surface area contributed by atoms with Crippen LogP contribution in [-0.4, -0.2) is 11.5 Å². The number of aromatic amines is 1. The lowest BCUT2D eigenvalue weighted by Crippen LogP contribution is -2.17. The third kappa shape index (κ3) is 1.07. The van der Waals surface area contributed by atoms with Gasteiger partial charge >= 0.3 is 0 Å². The fourth-order valence-corrected chi connectivity index (χ4v) is 2.19. The summed E-state index contributed by atoms with van der Waals surface area (Å²) in [7, 11) is 0. The third-order valence-electron chi connectivity index (χ3n) is 3.05. The molecule has 0 spiro atoms. The Morgan fingerprint density at radius 3 is 3.25 bits per heavy atom. The van der Waals surface area contributed by atoms with Crippen LogP contribution >= 0.6 is 0 Å². The van der Waals surface area contributed by atoms with E-state index in [2.05, 4.69) is 24.3 Å². The van der Waals surface area contributed by atoms with Crippen molar-refractivity contribution in [2.75, 3.05) is 6.54 Å². The molecule has 1 aromatic rings. The van der Waals surface area contributed by atoms with Crippen molar-refractivity contribution in [1.82, 2.24) is 4.98 Å². The summed E-state index contributed by atoms with van der Waals surface area (Å²) in [5, 5.41) is 0. The van der Waals surface area contributed by atoms with Gasteiger partial charge in [-0.3, -0.25) is 0 Å². The molecule has 1 aliphatic rings. The second-order valence-corrected chi connectivity index (χ2v) is 3.79. The maximum Gasteiger partial charge on any atom is 0.00431 e. The summed E-state index contributed by atoms with van der Waals surface area (Å²) in [6.07, 6.45) is 6.78. The Kier molecular flexibility index (Phi) is 1.93. The van der Waals surface area contributed by atoms with Crippen LogP contribution in [0.5, 0.6) is 0 Å². The van der Waals surface area contributed by atoms with Crippen molar-refractivity contribution in [2.24, 2.45) is 11.7 Å². The van der Waals surface area contributed by atoms with Gasteiger partial charge < -0.3 is 10.7 Å². The van der Waals surface area contributed by atoms with E-state index >= 15 is 0 Å². The SMILES string of the molecule is CC(CN)C1CCc2c[nH]cc21. The molecule has 0 bridgehead atoms. The van der Waals surface area contributed by atoms with Crippen LogP contribution in [0.15, 0.2) is 12.4 Å². The Bertz CT molecular complexity index is 265. The first-order valence-electron chi connectivity index (χ1n) is 4.68. The van der Waals surface area contributed by atoms with Gasteiger partial charge in [0.05, 0.1) is 0 Å². The van der Waals surface area contributed by atoms with Gasteiger partial charge in [-0.15, -0.1) is 0 Å². The van der Waals surface area contributed by atoms with Crippen molar-refractivity contribution in [2.45, 2.75) is 25.7 Å². The highest BCUT2D eigenvalue weighted by Crippen LogP contribution is 2.37. The second-order valence-electron chi connectivity index (χ2n) is 3.79.